The van der Waals surface area contributed by atoms with Gasteiger partial charge in [0.15, 0.2) is 0 Å². The topological polar surface area (TPSA) is 61.7 Å². The summed E-state index contributed by atoms with van der Waals surface area (Å²) in [4.78, 5) is 11.9. The number of fused-ring (bicyclic) bond motifs is 2. The van der Waals surface area contributed by atoms with E-state index in [4.69, 9.17) is 0 Å². The third-order valence-electron chi connectivity index (χ3n) is 4.74. The van der Waals surface area contributed by atoms with Crippen LogP contribution in [0.5, 0.6) is 5.75 Å². The van der Waals surface area contributed by atoms with Crippen molar-refractivity contribution in [1.29, 1.82) is 0 Å². The minimum absolute atomic E-state index is 0.156. The lowest BCUT2D eigenvalue weighted by atomic mass is 9.86. The van der Waals surface area contributed by atoms with Crippen LogP contribution in [0.1, 0.15) is 43.0 Å². The molecule has 2 bridgehead atoms. The minimum Gasteiger partial charge on any atom is -0.508 e. The highest BCUT2D eigenvalue weighted by molar-refractivity contribution is 5.95. The Morgan fingerprint density at radius 2 is 2.00 bits per heavy atom. The second-order valence-corrected chi connectivity index (χ2v) is 6.02. The molecule has 3 unspecified atom stereocenters. The van der Waals surface area contributed by atoms with Gasteiger partial charge in [0.05, 0.1) is 0 Å². The SMILES string of the molecule is CC(=NNC(=O)c1ccc(O)cc1)C1CC2CCC1C2. The van der Waals surface area contributed by atoms with Gasteiger partial charge in [-0.15, -0.1) is 0 Å². The molecule has 1 aromatic rings. The lowest BCUT2D eigenvalue weighted by Crippen LogP contribution is -2.24. The third kappa shape index (κ3) is 2.55. The van der Waals surface area contributed by atoms with E-state index in [1.165, 1.54) is 37.8 Å². The largest absolute Gasteiger partial charge is 0.508 e. The molecule has 1 aromatic carbocycles. The first-order valence-corrected chi connectivity index (χ1v) is 7.27. The highest BCUT2D eigenvalue weighted by atomic mass is 16.3. The zero-order valence-corrected chi connectivity index (χ0v) is 11.7. The Hall–Kier alpha value is -1.84. The Morgan fingerprint density at radius 1 is 1.25 bits per heavy atom. The van der Waals surface area contributed by atoms with Crippen LogP contribution in [-0.2, 0) is 0 Å². The molecule has 4 heteroatoms. The normalized spacial score (nSPS) is 28.6. The van der Waals surface area contributed by atoms with Gasteiger partial charge in [0.2, 0.25) is 0 Å². The standard InChI is InChI=1S/C16H20N2O2/c1-10(15-9-11-2-3-13(15)8-11)17-18-16(20)12-4-6-14(19)7-5-12/h4-7,11,13,15,19H,2-3,8-9H2,1H3,(H,18,20). The number of nitrogens with one attached hydrogen (secondary N) is 1. The first kappa shape index (κ1) is 13.2. The number of carbonyl (C=O) groups excluding carboxylic acids is 1. The van der Waals surface area contributed by atoms with Crippen LogP contribution in [0.15, 0.2) is 29.4 Å². The van der Waals surface area contributed by atoms with Crippen molar-refractivity contribution in [2.24, 2.45) is 22.9 Å². The number of aromatic hydroxyl groups is 1. The van der Waals surface area contributed by atoms with Gasteiger partial charge in [-0.1, -0.05) is 6.42 Å². The van der Waals surface area contributed by atoms with Crippen LogP contribution in [0.25, 0.3) is 0 Å². The molecule has 0 radical (unpaired) electrons. The third-order valence-corrected chi connectivity index (χ3v) is 4.74. The van der Waals surface area contributed by atoms with Gasteiger partial charge in [-0.05, 0) is 62.3 Å². The average molecular weight is 272 g/mol. The first-order chi connectivity index (χ1) is 9.63. The fraction of sp³-hybridized carbons (Fsp3) is 0.500. The molecule has 3 atom stereocenters. The fourth-order valence-corrected chi connectivity index (χ4v) is 3.66. The summed E-state index contributed by atoms with van der Waals surface area (Å²) in [7, 11) is 0. The maximum absolute atomic E-state index is 11.9. The number of amides is 1. The van der Waals surface area contributed by atoms with E-state index >= 15 is 0 Å². The molecule has 2 aliphatic rings. The predicted molar refractivity (Wildman–Crippen MR) is 77.6 cm³/mol. The molecule has 0 heterocycles. The Labute approximate surface area is 118 Å². The molecule has 2 aliphatic carbocycles. The summed E-state index contributed by atoms with van der Waals surface area (Å²) < 4.78 is 0. The van der Waals surface area contributed by atoms with Gasteiger partial charge < -0.3 is 5.11 Å². The fourth-order valence-electron chi connectivity index (χ4n) is 3.66. The predicted octanol–water partition coefficient (Wildman–Crippen LogP) is 2.93. The smallest absolute Gasteiger partial charge is 0.271 e. The van der Waals surface area contributed by atoms with E-state index in [1.807, 2.05) is 6.92 Å². The van der Waals surface area contributed by atoms with E-state index in [0.29, 0.717) is 11.5 Å². The van der Waals surface area contributed by atoms with Crippen molar-refractivity contribution in [3.8, 4) is 5.75 Å². The van der Waals surface area contributed by atoms with Gasteiger partial charge in [-0.3, -0.25) is 4.79 Å². The number of benzene rings is 1. The second kappa shape index (κ2) is 5.27. The molecular weight excluding hydrogens is 252 g/mol. The molecule has 2 saturated carbocycles. The molecule has 0 aliphatic heterocycles. The van der Waals surface area contributed by atoms with Gasteiger partial charge in [0.1, 0.15) is 5.75 Å². The summed E-state index contributed by atoms with van der Waals surface area (Å²) in [5.74, 6) is 2.13. The van der Waals surface area contributed by atoms with Gasteiger partial charge in [0.25, 0.3) is 5.91 Å². The Balaban J connectivity index is 1.61. The number of hydrazone groups is 1. The van der Waals surface area contributed by atoms with Crippen molar-refractivity contribution in [2.45, 2.75) is 32.6 Å². The first-order valence-electron chi connectivity index (χ1n) is 7.27. The van der Waals surface area contributed by atoms with Gasteiger partial charge in [-0.25, -0.2) is 5.43 Å². The maximum atomic E-state index is 11.9. The summed E-state index contributed by atoms with van der Waals surface area (Å²) in [6.45, 7) is 2.02. The highest BCUT2D eigenvalue weighted by Crippen LogP contribution is 2.48. The van der Waals surface area contributed by atoms with Crippen molar-refractivity contribution >= 4 is 11.6 Å². The van der Waals surface area contributed by atoms with Crippen LogP contribution in [0.2, 0.25) is 0 Å². The molecule has 3 rings (SSSR count). The Bertz CT molecular complexity index is 536. The quantitative estimate of drug-likeness (QED) is 0.656. The number of hydrogen-bond donors (Lipinski definition) is 2. The van der Waals surface area contributed by atoms with Crippen molar-refractivity contribution in [2.75, 3.05) is 0 Å². The summed E-state index contributed by atoms with van der Waals surface area (Å²) >= 11 is 0. The maximum Gasteiger partial charge on any atom is 0.271 e. The van der Waals surface area contributed by atoms with Crippen LogP contribution in [0.3, 0.4) is 0 Å². The summed E-state index contributed by atoms with van der Waals surface area (Å²) in [6, 6.07) is 6.18. The molecule has 0 saturated heterocycles. The van der Waals surface area contributed by atoms with Crippen LogP contribution >= 0.6 is 0 Å². The number of rotatable bonds is 3. The lowest BCUT2D eigenvalue weighted by molar-refractivity contribution is 0.0954. The molecule has 4 nitrogen and oxygen atoms in total. The number of phenols is 1. The van der Waals surface area contributed by atoms with E-state index in [2.05, 4.69) is 10.5 Å². The number of nitrogens with zero attached hydrogens (tertiary/aromatic N) is 1. The molecule has 1 amide bonds. The summed E-state index contributed by atoms with van der Waals surface area (Å²) in [6.07, 6.45) is 5.25. The minimum atomic E-state index is -0.229. The summed E-state index contributed by atoms with van der Waals surface area (Å²) in [5, 5.41) is 13.5. The number of carbonyl (C=O) groups is 1. The lowest BCUT2D eigenvalue weighted by Gasteiger charge is -2.21. The van der Waals surface area contributed by atoms with Crippen LogP contribution in [0, 0.1) is 17.8 Å². The number of phenolic OH excluding ortho intramolecular Hbond substituents is 1. The molecule has 0 spiro atoms. The second-order valence-electron chi connectivity index (χ2n) is 6.02. The van der Waals surface area contributed by atoms with Gasteiger partial charge >= 0.3 is 0 Å². The zero-order chi connectivity index (χ0) is 14.1. The van der Waals surface area contributed by atoms with Crippen LogP contribution in [-0.4, -0.2) is 16.7 Å². The molecule has 2 N–H and O–H groups in total. The van der Waals surface area contributed by atoms with Crippen molar-refractivity contribution < 1.29 is 9.90 Å². The highest BCUT2D eigenvalue weighted by Gasteiger charge is 2.40. The van der Waals surface area contributed by atoms with Crippen LogP contribution in [0.4, 0.5) is 0 Å². The van der Waals surface area contributed by atoms with Gasteiger partial charge in [0, 0.05) is 17.2 Å². The zero-order valence-electron chi connectivity index (χ0n) is 11.7. The van der Waals surface area contributed by atoms with Gasteiger partial charge in [-0.2, -0.15) is 5.10 Å². The van der Waals surface area contributed by atoms with E-state index < -0.39 is 0 Å². The molecular formula is C16H20N2O2. The van der Waals surface area contributed by atoms with Crippen LogP contribution < -0.4 is 5.43 Å². The van der Waals surface area contributed by atoms with E-state index in [9.17, 15) is 9.90 Å². The van der Waals surface area contributed by atoms with E-state index in [1.54, 1.807) is 12.1 Å². The molecule has 2 fully saturated rings. The van der Waals surface area contributed by atoms with E-state index in [0.717, 1.165) is 17.5 Å². The van der Waals surface area contributed by atoms with Crippen molar-refractivity contribution in [1.82, 2.24) is 5.43 Å². The summed E-state index contributed by atoms with van der Waals surface area (Å²) in [5.41, 5.74) is 4.17. The Morgan fingerprint density at radius 3 is 2.60 bits per heavy atom. The van der Waals surface area contributed by atoms with Crippen molar-refractivity contribution in [3.63, 3.8) is 0 Å². The molecule has 20 heavy (non-hydrogen) atoms. The molecule has 106 valence electrons. The van der Waals surface area contributed by atoms with Crippen molar-refractivity contribution in [3.05, 3.63) is 29.8 Å². The monoisotopic (exact) mass is 272 g/mol. The average Bonchev–Trinajstić information content (AvgIpc) is 3.08. The Kier molecular flexibility index (Phi) is 3.47. The molecule has 0 aromatic heterocycles. The number of hydrogen-bond acceptors (Lipinski definition) is 3. The van der Waals surface area contributed by atoms with E-state index in [-0.39, 0.29) is 11.7 Å².